The molecule has 1 N–H and O–H groups in total. The molecule has 0 saturated heterocycles. The van der Waals surface area contributed by atoms with E-state index in [-0.39, 0.29) is 12.5 Å². The molecule has 0 fully saturated rings. The average Bonchev–Trinajstić information content (AvgIpc) is 2.74. The second-order valence-electron chi connectivity index (χ2n) is 4.19. The van der Waals surface area contributed by atoms with E-state index in [4.69, 9.17) is 5.11 Å². The fourth-order valence-corrected chi connectivity index (χ4v) is 1.44. The van der Waals surface area contributed by atoms with Crippen molar-refractivity contribution in [2.24, 2.45) is 0 Å². The molecule has 0 bridgehead atoms. The summed E-state index contributed by atoms with van der Waals surface area (Å²) in [7, 11) is 3.51. The highest BCUT2D eigenvalue weighted by molar-refractivity contribution is 5.75. The first-order valence-electron chi connectivity index (χ1n) is 5.83. The van der Waals surface area contributed by atoms with Gasteiger partial charge in [0, 0.05) is 39.9 Å². The van der Waals surface area contributed by atoms with E-state index >= 15 is 0 Å². The number of nitrogens with zero attached hydrogens (tertiary/aromatic N) is 4. The van der Waals surface area contributed by atoms with Crippen LogP contribution in [-0.4, -0.2) is 51.6 Å². The van der Waals surface area contributed by atoms with Gasteiger partial charge in [0.05, 0.1) is 5.69 Å². The zero-order chi connectivity index (χ0) is 12.7. The molecule has 0 atom stereocenters. The predicted molar refractivity (Wildman–Crippen MR) is 63.4 cm³/mol. The number of aliphatic hydroxyl groups excluding tert-OH is 1. The lowest BCUT2D eigenvalue weighted by atomic mass is 10.2. The van der Waals surface area contributed by atoms with Crippen LogP contribution in [0.1, 0.15) is 25.0 Å². The average molecular weight is 240 g/mol. The lowest BCUT2D eigenvalue weighted by Crippen LogP contribution is -2.21. The topological polar surface area (TPSA) is 71.2 Å². The van der Waals surface area contributed by atoms with Crippen molar-refractivity contribution >= 4 is 5.91 Å². The first-order valence-corrected chi connectivity index (χ1v) is 5.83. The Kier molecular flexibility index (Phi) is 5.62. The van der Waals surface area contributed by atoms with Gasteiger partial charge < -0.3 is 10.0 Å². The summed E-state index contributed by atoms with van der Waals surface area (Å²) in [6, 6.07) is 0. The van der Waals surface area contributed by atoms with Gasteiger partial charge in [-0.15, -0.1) is 5.10 Å². The normalized spacial score (nSPS) is 10.5. The molecule has 1 aromatic heterocycles. The van der Waals surface area contributed by atoms with E-state index in [1.165, 1.54) is 0 Å². The van der Waals surface area contributed by atoms with Crippen LogP contribution in [0.2, 0.25) is 0 Å². The molecule has 1 amide bonds. The maximum Gasteiger partial charge on any atom is 0.222 e. The number of hydrogen-bond acceptors (Lipinski definition) is 4. The van der Waals surface area contributed by atoms with Gasteiger partial charge >= 0.3 is 0 Å². The van der Waals surface area contributed by atoms with Gasteiger partial charge in [-0.05, 0) is 19.3 Å². The van der Waals surface area contributed by atoms with Crippen molar-refractivity contribution in [1.82, 2.24) is 19.9 Å². The third-order valence-corrected chi connectivity index (χ3v) is 2.45. The molecule has 0 aliphatic rings. The Labute approximate surface area is 101 Å². The third-order valence-electron chi connectivity index (χ3n) is 2.45. The quantitative estimate of drug-likeness (QED) is 0.732. The van der Waals surface area contributed by atoms with Crippen LogP contribution in [0.25, 0.3) is 0 Å². The smallest absolute Gasteiger partial charge is 0.222 e. The highest BCUT2D eigenvalue weighted by atomic mass is 16.2. The Morgan fingerprint density at radius 2 is 2.24 bits per heavy atom. The highest BCUT2D eigenvalue weighted by Crippen LogP contribution is 2.01. The van der Waals surface area contributed by atoms with Crippen LogP contribution >= 0.6 is 0 Å². The van der Waals surface area contributed by atoms with E-state index in [1.807, 2.05) is 6.20 Å². The Hall–Kier alpha value is -1.43. The summed E-state index contributed by atoms with van der Waals surface area (Å²) in [4.78, 5) is 12.9. The van der Waals surface area contributed by atoms with E-state index in [1.54, 1.807) is 23.7 Å². The monoisotopic (exact) mass is 240 g/mol. The molecule has 6 nitrogen and oxygen atoms in total. The third kappa shape index (κ3) is 4.95. The number of carbonyl (C=O) groups excluding carboxylic acids is 1. The van der Waals surface area contributed by atoms with E-state index < -0.39 is 0 Å². The van der Waals surface area contributed by atoms with E-state index in [9.17, 15) is 4.79 Å². The van der Waals surface area contributed by atoms with Gasteiger partial charge in [-0.2, -0.15) is 0 Å². The van der Waals surface area contributed by atoms with E-state index in [0.717, 1.165) is 18.5 Å². The van der Waals surface area contributed by atoms with E-state index in [2.05, 4.69) is 10.3 Å². The summed E-state index contributed by atoms with van der Waals surface area (Å²) in [5.74, 6) is 0.130. The zero-order valence-electron chi connectivity index (χ0n) is 10.5. The van der Waals surface area contributed by atoms with Gasteiger partial charge in [-0.1, -0.05) is 5.21 Å². The van der Waals surface area contributed by atoms with Gasteiger partial charge in [0.25, 0.3) is 0 Å². The molecule has 17 heavy (non-hydrogen) atoms. The van der Waals surface area contributed by atoms with Crippen molar-refractivity contribution in [3.8, 4) is 0 Å². The molecule has 1 aromatic rings. The molecule has 0 aliphatic carbocycles. The van der Waals surface area contributed by atoms with Gasteiger partial charge in [0.2, 0.25) is 5.91 Å². The van der Waals surface area contributed by atoms with Crippen LogP contribution in [0, 0.1) is 0 Å². The number of hydrogen-bond donors (Lipinski definition) is 1. The van der Waals surface area contributed by atoms with Gasteiger partial charge in [-0.3, -0.25) is 9.48 Å². The maximum absolute atomic E-state index is 11.3. The highest BCUT2D eigenvalue weighted by Gasteiger charge is 2.04. The summed E-state index contributed by atoms with van der Waals surface area (Å²) >= 11 is 0. The molecule has 0 radical (unpaired) electrons. The molecule has 6 heteroatoms. The van der Waals surface area contributed by atoms with Gasteiger partial charge in [0.15, 0.2) is 0 Å². The number of aliphatic hydroxyl groups is 1. The van der Waals surface area contributed by atoms with Crippen molar-refractivity contribution in [3.63, 3.8) is 0 Å². The maximum atomic E-state index is 11.3. The minimum atomic E-state index is 0.130. The number of aryl methyl sites for hydroxylation is 2. The Bertz CT molecular complexity index is 349. The van der Waals surface area contributed by atoms with Gasteiger partial charge in [-0.25, -0.2) is 0 Å². The molecule has 0 aliphatic heterocycles. The molecule has 0 unspecified atom stereocenters. The van der Waals surface area contributed by atoms with Crippen LogP contribution < -0.4 is 0 Å². The summed E-state index contributed by atoms with van der Waals surface area (Å²) in [6.45, 7) is 0.871. The SMILES string of the molecule is CN(C)C(=O)CCCn1cc(CCCO)nn1. The second-order valence-corrected chi connectivity index (χ2v) is 4.19. The Morgan fingerprint density at radius 1 is 1.47 bits per heavy atom. The van der Waals surface area contributed by atoms with Crippen LogP contribution in [0.4, 0.5) is 0 Å². The molecule has 1 heterocycles. The molecule has 0 aromatic carbocycles. The molecule has 96 valence electrons. The largest absolute Gasteiger partial charge is 0.396 e. The van der Waals surface area contributed by atoms with Crippen LogP contribution in [0.5, 0.6) is 0 Å². The minimum Gasteiger partial charge on any atom is -0.396 e. The van der Waals surface area contributed by atoms with Crippen LogP contribution in [0.15, 0.2) is 6.20 Å². The first kappa shape index (κ1) is 13.6. The molecular weight excluding hydrogens is 220 g/mol. The van der Waals surface area contributed by atoms with Crippen LogP contribution in [0.3, 0.4) is 0 Å². The summed E-state index contributed by atoms with van der Waals surface area (Å²) < 4.78 is 1.75. The Balaban J connectivity index is 2.27. The number of aromatic nitrogens is 3. The first-order chi connectivity index (χ1) is 8.13. The summed E-state index contributed by atoms with van der Waals surface area (Å²) in [5, 5.41) is 16.7. The molecule has 1 rings (SSSR count). The van der Waals surface area contributed by atoms with E-state index in [0.29, 0.717) is 19.4 Å². The molecule has 0 spiro atoms. The van der Waals surface area contributed by atoms with Crippen LogP contribution in [-0.2, 0) is 17.8 Å². The van der Waals surface area contributed by atoms with Crippen molar-refractivity contribution in [1.29, 1.82) is 0 Å². The van der Waals surface area contributed by atoms with Crippen molar-refractivity contribution in [3.05, 3.63) is 11.9 Å². The molecule has 0 saturated carbocycles. The number of rotatable bonds is 7. The van der Waals surface area contributed by atoms with Crippen molar-refractivity contribution < 1.29 is 9.90 Å². The summed E-state index contributed by atoms with van der Waals surface area (Å²) in [6.07, 6.45) is 4.61. The zero-order valence-corrected chi connectivity index (χ0v) is 10.5. The lowest BCUT2D eigenvalue weighted by molar-refractivity contribution is -0.128. The number of amides is 1. The molecular formula is C11H20N4O2. The fraction of sp³-hybridized carbons (Fsp3) is 0.727. The van der Waals surface area contributed by atoms with Crippen molar-refractivity contribution in [2.75, 3.05) is 20.7 Å². The minimum absolute atomic E-state index is 0.130. The Morgan fingerprint density at radius 3 is 2.88 bits per heavy atom. The summed E-state index contributed by atoms with van der Waals surface area (Å²) in [5.41, 5.74) is 0.887. The lowest BCUT2D eigenvalue weighted by Gasteiger charge is -2.09. The number of carbonyl (C=O) groups is 1. The fourth-order valence-electron chi connectivity index (χ4n) is 1.44. The van der Waals surface area contributed by atoms with Gasteiger partial charge in [0.1, 0.15) is 0 Å². The second kappa shape index (κ2) is 7.01. The standard InChI is InChI=1S/C11H20N4O2/c1-14(2)11(17)6-3-7-15-9-10(12-13-15)5-4-8-16/h9,16H,3-8H2,1-2H3. The van der Waals surface area contributed by atoms with Crippen molar-refractivity contribution in [2.45, 2.75) is 32.2 Å². The predicted octanol–water partition coefficient (Wildman–Crippen LogP) is 0.0714.